The molecule has 1 aromatic heterocycles. The molecule has 2 heterocycles. The summed E-state index contributed by atoms with van der Waals surface area (Å²) < 4.78 is 0. The Balaban J connectivity index is 1.47. The zero-order valence-corrected chi connectivity index (χ0v) is 16.8. The summed E-state index contributed by atoms with van der Waals surface area (Å²) in [6.45, 7) is 2.52. The number of rotatable bonds is 5. The largest absolute Gasteiger partial charge is 0.357 e. The van der Waals surface area contributed by atoms with E-state index in [9.17, 15) is 10.1 Å². The molecule has 1 amide bonds. The fourth-order valence-corrected chi connectivity index (χ4v) is 3.84. The number of carbonyl (C=O) groups excluding carboxylic acids is 1. The maximum absolute atomic E-state index is 12.9. The average molecular weight is 396 g/mol. The van der Waals surface area contributed by atoms with Crippen molar-refractivity contribution in [1.82, 2.24) is 10.3 Å². The van der Waals surface area contributed by atoms with Gasteiger partial charge in [0.1, 0.15) is 5.82 Å². The molecule has 0 saturated carbocycles. The van der Waals surface area contributed by atoms with Crippen molar-refractivity contribution in [3.8, 4) is 17.2 Å². The third-order valence-corrected chi connectivity index (χ3v) is 5.45. The molecule has 0 unspecified atom stereocenters. The Morgan fingerprint density at radius 3 is 2.43 bits per heavy atom. The summed E-state index contributed by atoms with van der Waals surface area (Å²) >= 11 is 0. The fraction of sp³-hybridized carbons (Fsp3) is 0.240. The molecule has 5 nitrogen and oxygen atoms in total. The molecule has 1 fully saturated rings. The number of benzene rings is 2. The number of aromatic nitrogens is 1. The van der Waals surface area contributed by atoms with Crippen LogP contribution in [0.2, 0.25) is 0 Å². The Kier molecular flexibility index (Phi) is 6.05. The Morgan fingerprint density at radius 2 is 1.70 bits per heavy atom. The van der Waals surface area contributed by atoms with Gasteiger partial charge >= 0.3 is 0 Å². The van der Waals surface area contributed by atoms with Crippen molar-refractivity contribution < 1.29 is 4.79 Å². The van der Waals surface area contributed by atoms with Gasteiger partial charge in [-0.25, -0.2) is 4.98 Å². The lowest BCUT2D eigenvalue weighted by atomic mass is 9.95. The molecule has 0 bridgehead atoms. The van der Waals surface area contributed by atoms with Crippen LogP contribution in [0.3, 0.4) is 0 Å². The highest BCUT2D eigenvalue weighted by molar-refractivity contribution is 6.01. The SMILES string of the molecule is N#Cc1ccccc1-c1ccccc1C(=O)NCc1ccc(N2CCCCC2)nc1. The molecule has 3 aromatic rings. The molecule has 5 heteroatoms. The van der Waals surface area contributed by atoms with Gasteiger partial charge in [0.2, 0.25) is 0 Å². The van der Waals surface area contributed by atoms with Crippen molar-refractivity contribution in [1.29, 1.82) is 5.26 Å². The Morgan fingerprint density at radius 1 is 0.967 bits per heavy atom. The second-order valence-corrected chi connectivity index (χ2v) is 7.46. The first-order valence-corrected chi connectivity index (χ1v) is 10.3. The van der Waals surface area contributed by atoms with E-state index in [0.717, 1.165) is 35.6 Å². The number of piperidine rings is 1. The van der Waals surface area contributed by atoms with E-state index in [-0.39, 0.29) is 5.91 Å². The number of nitrogens with zero attached hydrogens (tertiary/aromatic N) is 3. The van der Waals surface area contributed by atoms with Crippen molar-refractivity contribution in [2.45, 2.75) is 25.8 Å². The zero-order chi connectivity index (χ0) is 20.8. The fourth-order valence-electron chi connectivity index (χ4n) is 3.84. The van der Waals surface area contributed by atoms with Crippen molar-refractivity contribution in [3.05, 3.63) is 83.6 Å². The smallest absolute Gasteiger partial charge is 0.252 e. The molecule has 30 heavy (non-hydrogen) atoms. The maximum Gasteiger partial charge on any atom is 0.252 e. The van der Waals surface area contributed by atoms with Crippen molar-refractivity contribution >= 4 is 11.7 Å². The Hall–Kier alpha value is -3.65. The molecular formula is C25H24N4O. The second-order valence-electron chi connectivity index (χ2n) is 7.46. The minimum Gasteiger partial charge on any atom is -0.357 e. The third kappa shape index (κ3) is 4.33. The quantitative estimate of drug-likeness (QED) is 0.687. The summed E-state index contributed by atoms with van der Waals surface area (Å²) in [5, 5.41) is 12.4. The zero-order valence-electron chi connectivity index (χ0n) is 16.8. The number of hydrogen-bond acceptors (Lipinski definition) is 4. The first kappa shape index (κ1) is 19.7. The number of amides is 1. The van der Waals surface area contributed by atoms with Crippen LogP contribution in [0.4, 0.5) is 5.82 Å². The molecule has 0 spiro atoms. The highest BCUT2D eigenvalue weighted by Crippen LogP contribution is 2.27. The van der Waals surface area contributed by atoms with Gasteiger partial charge in [-0.05, 0) is 48.6 Å². The van der Waals surface area contributed by atoms with E-state index < -0.39 is 0 Å². The van der Waals surface area contributed by atoms with Crippen LogP contribution in [-0.2, 0) is 6.54 Å². The number of nitrogens with one attached hydrogen (secondary N) is 1. The van der Waals surface area contributed by atoms with Gasteiger partial charge in [0.25, 0.3) is 5.91 Å². The first-order valence-electron chi connectivity index (χ1n) is 10.3. The first-order chi connectivity index (χ1) is 14.8. The van der Waals surface area contributed by atoms with Crippen LogP contribution in [0.1, 0.15) is 40.7 Å². The lowest BCUT2D eigenvalue weighted by Gasteiger charge is -2.27. The third-order valence-electron chi connectivity index (χ3n) is 5.45. The van der Waals surface area contributed by atoms with Gasteiger partial charge in [0, 0.05) is 37.0 Å². The minimum absolute atomic E-state index is 0.168. The summed E-state index contributed by atoms with van der Waals surface area (Å²) in [5.41, 5.74) is 3.58. The van der Waals surface area contributed by atoms with E-state index in [0.29, 0.717) is 17.7 Å². The summed E-state index contributed by atoms with van der Waals surface area (Å²) in [5.74, 6) is 0.835. The molecule has 0 aliphatic carbocycles. The molecule has 1 aliphatic rings. The molecule has 1 aliphatic heterocycles. The summed E-state index contributed by atoms with van der Waals surface area (Å²) in [6, 6.07) is 21.0. The molecule has 0 atom stereocenters. The molecule has 0 radical (unpaired) electrons. The Labute approximate surface area is 177 Å². The predicted octanol–water partition coefficient (Wildman–Crippen LogP) is 4.54. The average Bonchev–Trinajstić information content (AvgIpc) is 2.83. The number of nitriles is 1. The van der Waals surface area contributed by atoms with Crippen molar-refractivity contribution in [3.63, 3.8) is 0 Å². The minimum atomic E-state index is -0.168. The second kappa shape index (κ2) is 9.23. The van der Waals surface area contributed by atoms with Gasteiger partial charge in [0.15, 0.2) is 0 Å². The number of hydrogen-bond donors (Lipinski definition) is 1. The highest BCUT2D eigenvalue weighted by atomic mass is 16.1. The van der Waals surface area contributed by atoms with Gasteiger partial charge < -0.3 is 10.2 Å². The van der Waals surface area contributed by atoms with Crippen molar-refractivity contribution in [2.24, 2.45) is 0 Å². The van der Waals surface area contributed by atoms with Gasteiger partial charge in [-0.2, -0.15) is 5.26 Å². The predicted molar refractivity (Wildman–Crippen MR) is 118 cm³/mol. The topological polar surface area (TPSA) is 69.0 Å². The number of pyridine rings is 1. The lowest BCUT2D eigenvalue weighted by molar-refractivity contribution is 0.0951. The summed E-state index contributed by atoms with van der Waals surface area (Å²) in [4.78, 5) is 19.8. The standard InChI is InChI=1S/C25H24N4O/c26-16-20-8-2-3-9-21(20)22-10-4-5-11-23(22)25(30)28-18-19-12-13-24(27-17-19)29-14-6-1-7-15-29/h2-5,8-13,17H,1,6-7,14-15,18H2,(H,28,30). The van der Waals surface area contributed by atoms with E-state index in [1.165, 1.54) is 19.3 Å². The Bertz CT molecular complexity index is 1060. The summed E-state index contributed by atoms with van der Waals surface area (Å²) in [6.07, 6.45) is 5.56. The molecule has 1 saturated heterocycles. The number of anilines is 1. The number of carbonyl (C=O) groups is 1. The van der Waals surface area contributed by atoms with Crippen LogP contribution in [0.5, 0.6) is 0 Å². The van der Waals surface area contributed by atoms with E-state index in [4.69, 9.17) is 0 Å². The van der Waals surface area contributed by atoms with Crippen molar-refractivity contribution in [2.75, 3.05) is 18.0 Å². The van der Waals surface area contributed by atoms with Gasteiger partial charge in [-0.15, -0.1) is 0 Å². The van der Waals surface area contributed by atoms with Gasteiger partial charge in [-0.3, -0.25) is 4.79 Å². The lowest BCUT2D eigenvalue weighted by Crippen LogP contribution is -2.30. The van der Waals surface area contributed by atoms with E-state index in [1.807, 2.05) is 54.7 Å². The summed E-state index contributed by atoms with van der Waals surface area (Å²) in [7, 11) is 0. The molecule has 150 valence electrons. The van der Waals surface area contributed by atoms with Gasteiger partial charge in [0.05, 0.1) is 11.6 Å². The molecule has 1 N–H and O–H groups in total. The van der Waals surface area contributed by atoms with Crippen LogP contribution in [0.25, 0.3) is 11.1 Å². The van der Waals surface area contributed by atoms with E-state index in [2.05, 4.69) is 21.3 Å². The van der Waals surface area contributed by atoms with Crippen LogP contribution < -0.4 is 10.2 Å². The van der Waals surface area contributed by atoms with Crippen LogP contribution in [-0.4, -0.2) is 24.0 Å². The van der Waals surface area contributed by atoms with Gasteiger partial charge in [-0.1, -0.05) is 42.5 Å². The molecule has 4 rings (SSSR count). The highest BCUT2D eigenvalue weighted by Gasteiger charge is 2.15. The molecule has 2 aromatic carbocycles. The van der Waals surface area contributed by atoms with E-state index in [1.54, 1.807) is 12.1 Å². The normalized spacial score (nSPS) is 13.5. The molecular weight excluding hydrogens is 372 g/mol. The van der Waals surface area contributed by atoms with E-state index >= 15 is 0 Å². The van der Waals surface area contributed by atoms with Crippen LogP contribution >= 0.6 is 0 Å². The maximum atomic E-state index is 12.9. The monoisotopic (exact) mass is 396 g/mol. The van der Waals surface area contributed by atoms with Crippen LogP contribution in [0, 0.1) is 11.3 Å². The van der Waals surface area contributed by atoms with Crippen LogP contribution in [0.15, 0.2) is 66.9 Å².